The van der Waals surface area contributed by atoms with Gasteiger partial charge in [0.1, 0.15) is 6.04 Å². The number of nitrogens with one attached hydrogen (secondary N) is 1. The highest BCUT2D eigenvalue weighted by Gasteiger charge is 2.34. The molecule has 0 spiro atoms. The Bertz CT molecular complexity index is 339. The first kappa shape index (κ1) is 14.5. The van der Waals surface area contributed by atoms with Crippen molar-refractivity contribution >= 4 is 17.8 Å². The number of ether oxygens (including phenoxy) is 1. The summed E-state index contributed by atoms with van der Waals surface area (Å²) >= 11 is 0. The minimum absolute atomic E-state index is 0.00152. The Morgan fingerprint density at radius 1 is 1.39 bits per heavy atom. The molecule has 102 valence electrons. The topological polar surface area (TPSA) is 98.5 Å². The van der Waals surface area contributed by atoms with E-state index in [9.17, 15) is 14.4 Å². The average Bonchev–Trinajstić information content (AvgIpc) is 3.08. The lowest BCUT2D eigenvalue weighted by Gasteiger charge is -2.21. The first-order valence-electron chi connectivity index (χ1n) is 6.21. The number of esters is 1. The summed E-state index contributed by atoms with van der Waals surface area (Å²) in [7, 11) is 0. The lowest BCUT2D eigenvalue weighted by Crippen LogP contribution is -2.49. The standard InChI is InChI=1S/C12H20N2O4/c1-3-18-9(15)6-7(2)10(11(13)16)14-12(17)8-4-5-8/h7-8,10H,3-6H2,1-2H3,(H2,13,16)(H,14,17)/t7-,10-/m0/s1. The summed E-state index contributed by atoms with van der Waals surface area (Å²) in [6.07, 6.45) is 1.76. The minimum Gasteiger partial charge on any atom is -0.466 e. The van der Waals surface area contributed by atoms with Crippen LogP contribution in [-0.2, 0) is 19.1 Å². The molecule has 0 aliphatic heterocycles. The monoisotopic (exact) mass is 256 g/mol. The predicted octanol–water partition coefficient (Wildman–Crippen LogP) is -0.0442. The molecule has 6 nitrogen and oxygen atoms in total. The van der Waals surface area contributed by atoms with Crippen LogP contribution in [0.3, 0.4) is 0 Å². The SMILES string of the molecule is CCOC(=O)C[C@H](C)[C@H](NC(=O)C1CC1)C(N)=O. The maximum atomic E-state index is 11.6. The summed E-state index contributed by atoms with van der Waals surface area (Å²) in [6, 6.07) is -0.817. The van der Waals surface area contributed by atoms with Crippen LogP contribution >= 0.6 is 0 Å². The molecule has 1 saturated carbocycles. The third-order valence-corrected chi connectivity index (χ3v) is 2.92. The van der Waals surface area contributed by atoms with Gasteiger partial charge in [-0.15, -0.1) is 0 Å². The van der Waals surface area contributed by atoms with Gasteiger partial charge in [0, 0.05) is 5.92 Å². The van der Waals surface area contributed by atoms with Crippen LogP contribution in [0.5, 0.6) is 0 Å². The number of nitrogens with two attached hydrogens (primary N) is 1. The Morgan fingerprint density at radius 2 is 2.00 bits per heavy atom. The van der Waals surface area contributed by atoms with E-state index in [1.807, 2.05) is 0 Å². The third kappa shape index (κ3) is 4.35. The number of hydrogen-bond donors (Lipinski definition) is 2. The zero-order valence-corrected chi connectivity index (χ0v) is 10.8. The van der Waals surface area contributed by atoms with Crippen molar-refractivity contribution in [2.75, 3.05) is 6.61 Å². The number of carbonyl (C=O) groups excluding carboxylic acids is 3. The van der Waals surface area contributed by atoms with Gasteiger partial charge in [-0.1, -0.05) is 6.92 Å². The maximum absolute atomic E-state index is 11.6. The first-order valence-corrected chi connectivity index (χ1v) is 6.21. The van der Waals surface area contributed by atoms with Gasteiger partial charge >= 0.3 is 5.97 Å². The molecule has 0 radical (unpaired) electrons. The predicted molar refractivity (Wildman–Crippen MR) is 64.3 cm³/mol. The Morgan fingerprint density at radius 3 is 2.44 bits per heavy atom. The van der Waals surface area contributed by atoms with E-state index in [4.69, 9.17) is 10.5 Å². The molecule has 2 amide bonds. The fourth-order valence-electron chi connectivity index (χ4n) is 1.71. The zero-order valence-electron chi connectivity index (χ0n) is 10.8. The maximum Gasteiger partial charge on any atom is 0.306 e. The summed E-state index contributed by atoms with van der Waals surface area (Å²) in [5, 5.41) is 2.60. The highest BCUT2D eigenvalue weighted by atomic mass is 16.5. The van der Waals surface area contributed by atoms with Crippen molar-refractivity contribution in [3.8, 4) is 0 Å². The van der Waals surface area contributed by atoms with E-state index < -0.39 is 17.9 Å². The fourth-order valence-corrected chi connectivity index (χ4v) is 1.71. The average molecular weight is 256 g/mol. The molecule has 1 aliphatic carbocycles. The fraction of sp³-hybridized carbons (Fsp3) is 0.750. The van der Waals surface area contributed by atoms with Crippen molar-refractivity contribution in [3.63, 3.8) is 0 Å². The van der Waals surface area contributed by atoms with E-state index in [-0.39, 0.29) is 24.2 Å². The second-order valence-corrected chi connectivity index (χ2v) is 4.65. The smallest absolute Gasteiger partial charge is 0.306 e. The van der Waals surface area contributed by atoms with Gasteiger partial charge in [0.25, 0.3) is 0 Å². The van der Waals surface area contributed by atoms with Gasteiger partial charge in [0.05, 0.1) is 13.0 Å². The lowest BCUT2D eigenvalue weighted by atomic mass is 9.97. The molecule has 1 aliphatic rings. The summed E-state index contributed by atoms with van der Waals surface area (Å²) in [5.74, 6) is -1.54. The van der Waals surface area contributed by atoms with Crippen LogP contribution < -0.4 is 11.1 Å². The van der Waals surface area contributed by atoms with E-state index in [2.05, 4.69) is 5.32 Å². The van der Waals surface area contributed by atoms with Crippen LogP contribution in [0, 0.1) is 11.8 Å². The van der Waals surface area contributed by atoms with Crippen LogP contribution in [0.4, 0.5) is 0 Å². The van der Waals surface area contributed by atoms with Crippen LogP contribution in [0.2, 0.25) is 0 Å². The molecule has 0 aromatic heterocycles. The molecule has 0 unspecified atom stereocenters. The number of hydrogen-bond acceptors (Lipinski definition) is 4. The van der Waals surface area contributed by atoms with Gasteiger partial charge in [-0.2, -0.15) is 0 Å². The van der Waals surface area contributed by atoms with E-state index in [1.54, 1.807) is 13.8 Å². The van der Waals surface area contributed by atoms with Crippen molar-refractivity contribution < 1.29 is 19.1 Å². The normalized spacial score (nSPS) is 17.7. The van der Waals surface area contributed by atoms with Crippen molar-refractivity contribution in [1.29, 1.82) is 0 Å². The van der Waals surface area contributed by atoms with Crippen LogP contribution in [0.25, 0.3) is 0 Å². The molecule has 0 saturated heterocycles. The largest absolute Gasteiger partial charge is 0.466 e. The van der Waals surface area contributed by atoms with Crippen LogP contribution in [0.15, 0.2) is 0 Å². The van der Waals surface area contributed by atoms with Gasteiger partial charge in [-0.25, -0.2) is 0 Å². The van der Waals surface area contributed by atoms with Crippen molar-refractivity contribution in [2.24, 2.45) is 17.6 Å². The quantitative estimate of drug-likeness (QED) is 0.624. The second-order valence-electron chi connectivity index (χ2n) is 4.65. The third-order valence-electron chi connectivity index (χ3n) is 2.92. The molecule has 18 heavy (non-hydrogen) atoms. The van der Waals surface area contributed by atoms with Gasteiger partial charge in [-0.3, -0.25) is 14.4 Å². The van der Waals surface area contributed by atoms with Crippen molar-refractivity contribution in [2.45, 2.75) is 39.2 Å². The molecule has 6 heteroatoms. The second kappa shape index (κ2) is 6.37. The van der Waals surface area contributed by atoms with Gasteiger partial charge < -0.3 is 15.8 Å². The molecule has 0 bridgehead atoms. The minimum atomic E-state index is -0.817. The highest BCUT2D eigenvalue weighted by Crippen LogP contribution is 2.29. The Hall–Kier alpha value is -1.59. The van der Waals surface area contributed by atoms with Gasteiger partial charge in [0.2, 0.25) is 11.8 Å². The Kier molecular flexibility index (Phi) is 5.12. The van der Waals surface area contributed by atoms with E-state index in [0.717, 1.165) is 12.8 Å². The number of rotatable bonds is 7. The number of primary amides is 1. The zero-order chi connectivity index (χ0) is 13.7. The summed E-state index contributed by atoms with van der Waals surface area (Å²) in [6.45, 7) is 3.70. The molecular formula is C12H20N2O4. The molecule has 0 aromatic carbocycles. The molecule has 1 rings (SSSR count). The summed E-state index contributed by atoms with van der Waals surface area (Å²) in [5.41, 5.74) is 5.25. The van der Waals surface area contributed by atoms with E-state index in [0.29, 0.717) is 6.61 Å². The van der Waals surface area contributed by atoms with E-state index >= 15 is 0 Å². The number of carbonyl (C=O) groups is 3. The first-order chi connectivity index (χ1) is 8.45. The van der Waals surface area contributed by atoms with E-state index in [1.165, 1.54) is 0 Å². The molecule has 0 heterocycles. The van der Waals surface area contributed by atoms with Crippen LogP contribution in [0.1, 0.15) is 33.1 Å². The summed E-state index contributed by atoms with van der Waals surface area (Å²) < 4.78 is 4.80. The molecular weight excluding hydrogens is 236 g/mol. The van der Waals surface area contributed by atoms with Gasteiger partial charge in [0.15, 0.2) is 0 Å². The molecule has 0 aromatic rings. The molecule has 3 N–H and O–H groups in total. The Balaban J connectivity index is 2.51. The van der Waals surface area contributed by atoms with Crippen molar-refractivity contribution in [1.82, 2.24) is 5.32 Å². The summed E-state index contributed by atoms with van der Waals surface area (Å²) in [4.78, 5) is 34.2. The highest BCUT2D eigenvalue weighted by molar-refractivity contribution is 5.89. The van der Waals surface area contributed by atoms with Crippen molar-refractivity contribution in [3.05, 3.63) is 0 Å². The molecule has 2 atom stereocenters. The number of amides is 2. The van der Waals surface area contributed by atoms with Crippen LogP contribution in [-0.4, -0.2) is 30.4 Å². The molecule has 1 fully saturated rings. The lowest BCUT2D eigenvalue weighted by molar-refractivity contribution is -0.145. The van der Waals surface area contributed by atoms with Gasteiger partial charge in [-0.05, 0) is 25.7 Å². The Labute approximate surface area is 106 Å².